The van der Waals surface area contributed by atoms with Gasteiger partial charge in [-0.25, -0.2) is 13.1 Å². The molecule has 0 spiro atoms. The Balaban J connectivity index is 1.80. The lowest BCUT2D eigenvalue weighted by molar-refractivity contribution is 0.00378. The number of ether oxygens (including phenoxy) is 1. The van der Waals surface area contributed by atoms with E-state index in [0.29, 0.717) is 4.90 Å². The van der Waals surface area contributed by atoms with Crippen LogP contribution in [-0.4, -0.2) is 27.7 Å². The average molecular weight is 345 g/mol. The van der Waals surface area contributed by atoms with Gasteiger partial charge in [-0.3, -0.25) is 0 Å². The van der Waals surface area contributed by atoms with Crippen LogP contribution in [0.2, 0.25) is 0 Å². The molecule has 1 N–H and O–H groups in total. The number of hydrogen-bond acceptors (Lipinski definition) is 3. The summed E-state index contributed by atoms with van der Waals surface area (Å²) in [6, 6.07) is 13.6. The van der Waals surface area contributed by atoms with Crippen LogP contribution in [0.25, 0.3) is 0 Å². The Morgan fingerprint density at radius 3 is 2.29 bits per heavy atom. The first-order valence-corrected chi connectivity index (χ1v) is 9.52. The minimum atomic E-state index is -3.57. The zero-order chi connectivity index (χ0) is 17.4. The van der Waals surface area contributed by atoms with Gasteiger partial charge in [-0.15, -0.1) is 0 Å². The predicted molar refractivity (Wildman–Crippen MR) is 94.7 cm³/mol. The van der Waals surface area contributed by atoms with E-state index in [2.05, 4.69) is 16.9 Å². The molecule has 24 heavy (non-hydrogen) atoms. The average Bonchev–Trinajstić information content (AvgIpc) is 2.94. The van der Waals surface area contributed by atoms with Gasteiger partial charge in [0.15, 0.2) is 0 Å². The Bertz CT molecular complexity index is 834. The maximum absolute atomic E-state index is 12.7. The van der Waals surface area contributed by atoms with Gasteiger partial charge >= 0.3 is 0 Å². The van der Waals surface area contributed by atoms with Gasteiger partial charge in [0.05, 0.1) is 10.5 Å². The van der Waals surface area contributed by atoms with Crippen molar-refractivity contribution in [2.75, 3.05) is 13.7 Å². The summed E-state index contributed by atoms with van der Waals surface area (Å²) in [6.07, 6.45) is 1.43. The van der Waals surface area contributed by atoms with Crippen molar-refractivity contribution in [2.24, 2.45) is 0 Å². The Kier molecular flexibility index (Phi) is 4.51. The van der Waals surface area contributed by atoms with Crippen LogP contribution in [0.3, 0.4) is 0 Å². The van der Waals surface area contributed by atoms with E-state index in [4.69, 9.17) is 4.74 Å². The highest BCUT2D eigenvalue weighted by Gasteiger charge is 2.38. The second-order valence-electron chi connectivity index (χ2n) is 6.60. The molecule has 2 aromatic rings. The summed E-state index contributed by atoms with van der Waals surface area (Å²) >= 11 is 0. The van der Waals surface area contributed by atoms with Crippen molar-refractivity contribution < 1.29 is 13.2 Å². The lowest BCUT2D eigenvalue weighted by atomic mass is 10.0. The lowest BCUT2D eigenvalue weighted by Gasteiger charge is -2.28. The zero-order valence-corrected chi connectivity index (χ0v) is 15.1. The molecule has 0 saturated carbocycles. The third kappa shape index (κ3) is 3.24. The summed E-state index contributed by atoms with van der Waals surface area (Å²) in [6.45, 7) is 3.96. The van der Waals surface area contributed by atoms with E-state index >= 15 is 0 Å². The SMILES string of the molecule is COC1(CNS(=O)(=O)c2cc(C)ccc2C)Cc2ccccc2C1. The monoisotopic (exact) mass is 345 g/mol. The molecule has 0 heterocycles. The van der Waals surface area contributed by atoms with E-state index in [1.807, 2.05) is 38.1 Å². The first-order chi connectivity index (χ1) is 11.4. The van der Waals surface area contributed by atoms with E-state index in [1.165, 1.54) is 11.1 Å². The molecule has 2 aromatic carbocycles. The second-order valence-corrected chi connectivity index (χ2v) is 8.34. The molecule has 0 aliphatic heterocycles. The molecule has 0 aromatic heterocycles. The Labute approximate surface area is 143 Å². The topological polar surface area (TPSA) is 55.4 Å². The van der Waals surface area contributed by atoms with Crippen molar-refractivity contribution in [1.82, 2.24) is 4.72 Å². The predicted octanol–water partition coefficient (Wildman–Crippen LogP) is 2.77. The molecule has 5 heteroatoms. The van der Waals surface area contributed by atoms with Crippen LogP contribution in [0.4, 0.5) is 0 Å². The van der Waals surface area contributed by atoms with Crippen molar-refractivity contribution in [2.45, 2.75) is 37.2 Å². The summed E-state index contributed by atoms with van der Waals surface area (Å²) < 4.78 is 34.0. The smallest absolute Gasteiger partial charge is 0.240 e. The molecular formula is C19H23NO3S. The summed E-state index contributed by atoms with van der Waals surface area (Å²) in [5.74, 6) is 0. The highest BCUT2D eigenvalue weighted by Crippen LogP contribution is 2.32. The van der Waals surface area contributed by atoms with E-state index in [0.717, 1.165) is 24.0 Å². The summed E-state index contributed by atoms with van der Waals surface area (Å²) in [4.78, 5) is 0.337. The molecule has 3 rings (SSSR count). The first kappa shape index (κ1) is 17.1. The van der Waals surface area contributed by atoms with E-state index in [9.17, 15) is 8.42 Å². The number of sulfonamides is 1. The van der Waals surface area contributed by atoms with Gasteiger partial charge in [-0.2, -0.15) is 0 Å². The fraction of sp³-hybridized carbons (Fsp3) is 0.368. The standard InChI is InChI=1S/C19H23NO3S/c1-14-8-9-15(2)18(10-14)24(21,22)20-13-19(23-3)11-16-6-4-5-7-17(16)12-19/h4-10,20H,11-13H2,1-3H3. The summed E-state index contributed by atoms with van der Waals surface area (Å²) in [5.41, 5.74) is 3.61. The number of aryl methyl sites for hydroxylation is 2. The highest BCUT2D eigenvalue weighted by atomic mass is 32.2. The minimum Gasteiger partial charge on any atom is -0.376 e. The molecular weight excluding hydrogens is 322 g/mol. The Hall–Kier alpha value is -1.69. The van der Waals surface area contributed by atoms with Gasteiger partial charge in [0.1, 0.15) is 0 Å². The van der Waals surface area contributed by atoms with Gasteiger partial charge < -0.3 is 4.74 Å². The fourth-order valence-electron chi connectivity index (χ4n) is 3.30. The van der Waals surface area contributed by atoms with E-state index < -0.39 is 15.6 Å². The van der Waals surface area contributed by atoms with E-state index in [1.54, 1.807) is 13.2 Å². The number of methoxy groups -OCH3 is 1. The van der Waals surface area contributed by atoms with E-state index in [-0.39, 0.29) is 6.54 Å². The van der Waals surface area contributed by atoms with Crippen molar-refractivity contribution in [3.63, 3.8) is 0 Å². The molecule has 0 radical (unpaired) electrons. The fourth-order valence-corrected chi connectivity index (χ4v) is 4.74. The molecule has 1 aliphatic rings. The normalized spacial score (nSPS) is 16.1. The molecule has 0 amide bonds. The molecule has 0 unspecified atom stereocenters. The number of nitrogens with one attached hydrogen (secondary N) is 1. The summed E-state index contributed by atoms with van der Waals surface area (Å²) in [5, 5.41) is 0. The van der Waals surface area contributed by atoms with Crippen molar-refractivity contribution >= 4 is 10.0 Å². The number of fused-ring (bicyclic) bond motifs is 1. The molecule has 0 fully saturated rings. The Morgan fingerprint density at radius 1 is 1.08 bits per heavy atom. The quantitative estimate of drug-likeness (QED) is 0.906. The highest BCUT2D eigenvalue weighted by molar-refractivity contribution is 7.89. The minimum absolute atomic E-state index is 0.258. The van der Waals surface area contributed by atoms with Crippen LogP contribution >= 0.6 is 0 Å². The van der Waals surface area contributed by atoms with Gasteiger partial charge in [-0.05, 0) is 42.2 Å². The lowest BCUT2D eigenvalue weighted by Crippen LogP contribution is -2.45. The molecule has 0 saturated heterocycles. The third-order valence-corrected chi connectivity index (χ3v) is 6.34. The second kappa shape index (κ2) is 6.31. The zero-order valence-electron chi connectivity index (χ0n) is 14.3. The molecule has 1 aliphatic carbocycles. The maximum atomic E-state index is 12.7. The van der Waals surface area contributed by atoms with Gasteiger partial charge in [0, 0.05) is 26.5 Å². The molecule has 0 bridgehead atoms. The van der Waals surface area contributed by atoms with Crippen LogP contribution in [-0.2, 0) is 27.6 Å². The van der Waals surface area contributed by atoms with Crippen molar-refractivity contribution in [3.8, 4) is 0 Å². The van der Waals surface area contributed by atoms with Crippen LogP contribution in [0.15, 0.2) is 47.4 Å². The van der Waals surface area contributed by atoms with Crippen LogP contribution in [0.5, 0.6) is 0 Å². The number of rotatable bonds is 5. The summed E-state index contributed by atoms with van der Waals surface area (Å²) in [7, 11) is -1.92. The largest absolute Gasteiger partial charge is 0.376 e. The van der Waals surface area contributed by atoms with Gasteiger partial charge in [0.25, 0.3) is 0 Å². The van der Waals surface area contributed by atoms with Gasteiger partial charge in [0.2, 0.25) is 10.0 Å². The van der Waals surface area contributed by atoms with Crippen molar-refractivity contribution in [3.05, 3.63) is 64.7 Å². The molecule has 0 atom stereocenters. The number of hydrogen-bond donors (Lipinski definition) is 1. The molecule has 128 valence electrons. The Morgan fingerprint density at radius 2 is 1.71 bits per heavy atom. The van der Waals surface area contributed by atoms with Gasteiger partial charge in [-0.1, -0.05) is 36.4 Å². The maximum Gasteiger partial charge on any atom is 0.240 e. The number of benzene rings is 2. The third-order valence-electron chi connectivity index (χ3n) is 4.79. The van der Waals surface area contributed by atoms with Crippen LogP contribution in [0, 0.1) is 13.8 Å². The van der Waals surface area contributed by atoms with Crippen LogP contribution in [0.1, 0.15) is 22.3 Å². The van der Waals surface area contributed by atoms with Crippen LogP contribution < -0.4 is 4.72 Å². The molecule has 4 nitrogen and oxygen atoms in total. The first-order valence-electron chi connectivity index (χ1n) is 8.04. The van der Waals surface area contributed by atoms with Crippen molar-refractivity contribution in [1.29, 1.82) is 0 Å².